The van der Waals surface area contributed by atoms with Crippen molar-refractivity contribution in [1.82, 2.24) is 60.4 Å². The maximum absolute atomic E-state index is 14.0. The second-order valence-electron chi connectivity index (χ2n) is 24.6. The number of halogens is 9. The summed E-state index contributed by atoms with van der Waals surface area (Å²) in [7, 11) is 0. The van der Waals surface area contributed by atoms with Crippen LogP contribution in [0.5, 0.6) is 0 Å². The van der Waals surface area contributed by atoms with E-state index in [0.29, 0.717) is 97.3 Å². The first-order chi connectivity index (χ1) is 50.9. The van der Waals surface area contributed by atoms with Gasteiger partial charge >= 0.3 is 24.1 Å². The monoisotopic (exact) mass is 1570 g/mol. The maximum atomic E-state index is 14.0. The van der Waals surface area contributed by atoms with Gasteiger partial charge in [-0.2, -0.15) is 20.4 Å². The molecule has 105 heavy (non-hydrogen) atoms. The fraction of sp³-hybridized carbons (Fsp3) is 0.158. The molecule has 0 unspecified atom stereocenters. The SMILES string of the molecule is O=C(Nc1ccc(Br)c(Cl)c1)N1CCc2[nH]nc(-c3ccccc3)c2C1.O=C(Nc1ccc(F)c(Cl)c1)N1CCc2[nH]nc(-c3ccccc3)c2C1.O=C(Nc1ccc(F)c(Cl)c1F)N1CCc2[nH]nc(-c3ccccc3)c2C1.O=C(Nc1cccc(Cl)c1Cl)N1CCc2[nH]nc(-c3ccccc3)c2C1. The van der Waals surface area contributed by atoms with Gasteiger partial charge in [-0.05, 0) is 76.6 Å². The molecule has 0 fully saturated rings. The molecule has 4 aliphatic heterocycles. The number of nitrogens with one attached hydrogen (secondary N) is 8. The van der Waals surface area contributed by atoms with Crippen LogP contribution in [0.3, 0.4) is 0 Å². The summed E-state index contributed by atoms with van der Waals surface area (Å²) < 4.78 is 41.4. The highest BCUT2D eigenvalue weighted by Gasteiger charge is 2.31. The minimum absolute atomic E-state index is 0.0232. The van der Waals surface area contributed by atoms with Gasteiger partial charge in [-0.15, -0.1) is 0 Å². The van der Waals surface area contributed by atoms with Crippen molar-refractivity contribution in [1.29, 1.82) is 0 Å². The maximum Gasteiger partial charge on any atom is 0.322 e. The number of hydrogen-bond acceptors (Lipinski definition) is 8. The van der Waals surface area contributed by atoms with Crippen molar-refractivity contribution >= 4 is 121 Å². The Morgan fingerprint density at radius 2 is 0.705 bits per heavy atom. The number of aromatic nitrogens is 8. The lowest BCUT2D eigenvalue weighted by atomic mass is 10.0. The van der Waals surface area contributed by atoms with Crippen LogP contribution in [-0.2, 0) is 51.9 Å². The average molecular weight is 1580 g/mol. The number of urea groups is 4. The van der Waals surface area contributed by atoms with Gasteiger partial charge in [-0.3, -0.25) is 20.4 Å². The summed E-state index contributed by atoms with van der Waals surface area (Å²) in [5.41, 5.74) is 17.3. The number of nitrogens with zero attached hydrogens (tertiary/aromatic N) is 8. The fourth-order valence-electron chi connectivity index (χ4n) is 12.4. The van der Waals surface area contributed by atoms with Crippen LogP contribution in [0.1, 0.15) is 45.0 Å². The summed E-state index contributed by atoms with van der Waals surface area (Å²) in [6, 6.07) is 55.2. The Morgan fingerprint density at radius 1 is 0.362 bits per heavy atom. The summed E-state index contributed by atoms with van der Waals surface area (Å²) in [5.74, 6) is -2.38. The average Bonchev–Trinajstić information content (AvgIpc) is 1.70. The van der Waals surface area contributed by atoms with Crippen molar-refractivity contribution in [3.05, 3.63) is 280 Å². The van der Waals surface area contributed by atoms with Gasteiger partial charge in [-0.25, -0.2) is 32.3 Å². The van der Waals surface area contributed by atoms with Gasteiger partial charge in [0, 0.05) is 135 Å². The lowest BCUT2D eigenvalue weighted by molar-refractivity contribution is 0.205. The molecule has 0 bridgehead atoms. The summed E-state index contributed by atoms with van der Waals surface area (Å²) in [5, 5.41) is 41.7. The second-order valence-corrected chi connectivity index (χ2v) is 27.4. The van der Waals surface area contributed by atoms with E-state index in [1.54, 1.807) is 43.9 Å². The van der Waals surface area contributed by atoms with Gasteiger partial charge in [0.05, 0.1) is 80.4 Å². The topological polar surface area (TPSA) is 244 Å². The number of carbonyl (C=O) groups excluding carboxylic acids is 4. The van der Waals surface area contributed by atoms with Gasteiger partial charge in [-0.1, -0.05) is 185 Å². The zero-order valence-corrected chi connectivity index (χ0v) is 60.9. The number of amides is 8. The molecular weight excluding hydrogens is 1520 g/mol. The predicted octanol–water partition coefficient (Wildman–Crippen LogP) is 19.1. The Hall–Kier alpha value is -10.6. The molecule has 0 spiro atoms. The van der Waals surface area contributed by atoms with Gasteiger partial charge < -0.3 is 40.9 Å². The lowest BCUT2D eigenvalue weighted by Crippen LogP contribution is -2.39. The fourth-order valence-corrected chi connectivity index (χ4v) is 13.5. The number of aromatic amines is 4. The Morgan fingerprint density at radius 3 is 1.08 bits per heavy atom. The lowest BCUT2D eigenvalue weighted by Gasteiger charge is -2.27. The smallest absolute Gasteiger partial charge is 0.320 e. The van der Waals surface area contributed by atoms with Gasteiger partial charge in [0.15, 0.2) is 5.82 Å². The Labute approximate surface area is 633 Å². The van der Waals surface area contributed by atoms with Crippen LogP contribution in [0, 0.1) is 17.5 Å². The highest BCUT2D eigenvalue weighted by atomic mass is 79.9. The van der Waals surface area contributed by atoms with E-state index in [0.717, 1.165) is 120 Å². The Kier molecular flexibility index (Phi) is 22.9. The quantitative estimate of drug-likeness (QED) is 0.0679. The van der Waals surface area contributed by atoms with Crippen molar-refractivity contribution in [2.75, 3.05) is 47.4 Å². The zero-order chi connectivity index (χ0) is 73.3. The van der Waals surface area contributed by atoms with E-state index in [2.05, 4.69) is 78.0 Å². The minimum Gasteiger partial charge on any atom is -0.320 e. The molecule has 29 heteroatoms. The summed E-state index contributed by atoms with van der Waals surface area (Å²) in [4.78, 5) is 57.3. The van der Waals surface area contributed by atoms with Crippen LogP contribution < -0.4 is 21.3 Å². The predicted molar refractivity (Wildman–Crippen MR) is 407 cm³/mol. The third-order valence-electron chi connectivity index (χ3n) is 17.9. The molecule has 0 saturated carbocycles. The first kappa shape index (κ1) is 72.7. The number of anilines is 4. The number of benzene rings is 8. The number of rotatable bonds is 8. The molecule has 8 N–H and O–H groups in total. The molecule has 0 atom stereocenters. The molecule has 8 heterocycles. The van der Waals surface area contributed by atoms with Crippen molar-refractivity contribution in [3.63, 3.8) is 0 Å². The number of hydrogen-bond donors (Lipinski definition) is 8. The molecule has 0 saturated heterocycles. The van der Waals surface area contributed by atoms with Crippen LogP contribution in [0.15, 0.2) is 193 Å². The molecule has 20 nitrogen and oxygen atoms in total. The molecule has 12 aromatic rings. The number of H-pyrrole nitrogens is 4. The van der Waals surface area contributed by atoms with Crippen LogP contribution in [-0.4, -0.2) is 111 Å². The molecule has 0 radical (unpaired) electrons. The van der Waals surface area contributed by atoms with Crippen molar-refractivity contribution in [3.8, 4) is 45.0 Å². The van der Waals surface area contributed by atoms with E-state index < -0.39 is 28.5 Å². The van der Waals surface area contributed by atoms with Crippen LogP contribution in [0.4, 0.5) is 55.1 Å². The molecule has 0 aliphatic carbocycles. The van der Waals surface area contributed by atoms with Crippen molar-refractivity contribution < 1.29 is 32.3 Å². The summed E-state index contributed by atoms with van der Waals surface area (Å²) >= 11 is 33.0. The summed E-state index contributed by atoms with van der Waals surface area (Å²) in [6.45, 7) is 4.06. The second kappa shape index (κ2) is 33.0. The zero-order valence-electron chi connectivity index (χ0n) is 55.5. The van der Waals surface area contributed by atoms with Crippen LogP contribution in [0.25, 0.3) is 45.0 Å². The Balaban J connectivity index is 0.000000124. The molecule has 8 aromatic carbocycles. The van der Waals surface area contributed by atoms with E-state index >= 15 is 0 Å². The van der Waals surface area contributed by atoms with Gasteiger partial charge in [0.1, 0.15) is 16.7 Å². The van der Waals surface area contributed by atoms with Crippen molar-refractivity contribution in [2.24, 2.45) is 0 Å². The first-order valence-electron chi connectivity index (χ1n) is 33.1. The van der Waals surface area contributed by atoms with E-state index in [4.69, 9.17) is 58.0 Å². The molecular formula is C76H63BrCl5F3N16O4. The highest BCUT2D eigenvalue weighted by molar-refractivity contribution is 9.10. The van der Waals surface area contributed by atoms with E-state index in [1.807, 2.05) is 133 Å². The standard InChI is InChI=1S/C19H16BrClN4O.C19H16Cl2N4O.C19H15ClF2N4O.C19H16ClFN4O/c20-15-7-6-13(10-16(15)21)22-19(26)25-9-8-17-14(11-25)18(24-23-17)12-4-2-1-3-5-12;20-14-7-4-8-16(17(14)21)22-19(26)25-10-9-15-13(11-25)18(24-23-15)12-5-2-1-3-6-12;20-16-13(21)6-7-15(17(16)22)23-19(27)26-9-8-14-12(10-26)18(25-24-14)11-4-2-1-3-5-11;20-15-10-13(6-7-16(15)21)22-19(26)25-9-8-17-14(11-25)18(24-23-17)12-4-2-1-3-5-12/h1-7,10H,8-9,11H2,(H,22,26)(H,23,24);1-8H,9-11H2,(H,22,26)(H,23,24);1-7H,8-10H2,(H,23,27)(H,24,25);1-7,10H,8-9,11H2,(H,22,26)(H,23,24). The summed E-state index contributed by atoms with van der Waals surface area (Å²) in [6.07, 6.45) is 2.79. The number of carbonyl (C=O) groups is 4. The first-order valence-corrected chi connectivity index (χ1v) is 35.8. The normalized spacial score (nSPS) is 13.4. The van der Waals surface area contributed by atoms with E-state index in [9.17, 15) is 32.3 Å². The largest absolute Gasteiger partial charge is 0.322 e. The third-order valence-corrected chi connectivity index (χ3v) is 20.6. The van der Waals surface area contributed by atoms with Crippen molar-refractivity contribution in [2.45, 2.75) is 51.9 Å². The van der Waals surface area contributed by atoms with Crippen LogP contribution >= 0.6 is 73.9 Å². The molecule has 16 rings (SSSR count). The van der Waals surface area contributed by atoms with Gasteiger partial charge in [0.2, 0.25) is 0 Å². The minimum atomic E-state index is -0.990. The molecule has 4 aliphatic rings. The Bertz CT molecular complexity index is 4990. The van der Waals surface area contributed by atoms with E-state index in [-0.39, 0.29) is 28.8 Å². The third kappa shape index (κ3) is 17.0. The number of fused-ring (bicyclic) bond motifs is 4. The molecule has 8 amide bonds. The highest BCUT2D eigenvalue weighted by Crippen LogP contribution is 2.36. The van der Waals surface area contributed by atoms with E-state index in [1.165, 1.54) is 18.2 Å². The molecule has 534 valence electrons. The van der Waals surface area contributed by atoms with Gasteiger partial charge in [0.25, 0.3) is 0 Å². The van der Waals surface area contributed by atoms with Crippen LogP contribution in [0.2, 0.25) is 25.1 Å². The molecule has 4 aromatic heterocycles.